The van der Waals surface area contributed by atoms with E-state index in [4.69, 9.17) is 9.97 Å². The van der Waals surface area contributed by atoms with Crippen LogP contribution in [-0.2, 0) is 19.3 Å². The van der Waals surface area contributed by atoms with Gasteiger partial charge in [-0.1, -0.05) is 79.8 Å². The van der Waals surface area contributed by atoms with E-state index >= 15 is 0 Å². The van der Waals surface area contributed by atoms with E-state index in [-0.39, 0.29) is 17.0 Å². The number of fused-ring (bicyclic) bond motifs is 1. The molecule has 1 aliphatic carbocycles. The van der Waals surface area contributed by atoms with Crippen molar-refractivity contribution in [1.29, 1.82) is 0 Å². The average molecular weight is 602 g/mol. The summed E-state index contributed by atoms with van der Waals surface area (Å²) >= 11 is 0. The molecule has 4 aromatic rings. The molecule has 0 spiro atoms. The van der Waals surface area contributed by atoms with Crippen LogP contribution in [0.25, 0.3) is 23.4 Å². The van der Waals surface area contributed by atoms with Crippen molar-refractivity contribution < 1.29 is 8.78 Å². The molecule has 1 atom stereocenters. The first-order chi connectivity index (χ1) is 21.5. The molecule has 1 aromatic heterocycles. The van der Waals surface area contributed by atoms with Gasteiger partial charge in [-0.2, -0.15) is 0 Å². The Hall–Kier alpha value is -4.38. The van der Waals surface area contributed by atoms with Gasteiger partial charge in [0.25, 0.3) is 0 Å². The van der Waals surface area contributed by atoms with E-state index < -0.39 is 0 Å². The smallest absolute Gasteiger partial charge is 0.126 e. The number of hydrogen-bond acceptors (Lipinski definition) is 3. The fourth-order valence-electron chi connectivity index (χ4n) is 6.45. The number of aromatic nitrogens is 2. The average Bonchev–Trinajstić information content (AvgIpc) is 2.96. The number of nitrogens with zero attached hydrogens (tertiary/aromatic N) is 3. The van der Waals surface area contributed by atoms with Gasteiger partial charge in [-0.05, 0) is 93.0 Å². The molecule has 2 heterocycles. The zero-order valence-corrected chi connectivity index (χ0v) is 26.8. The van der Waals surface area contributed by atoms with Crippen molar-refractivity contribution in [3.8, 4) is 11.3 Å². The normalized spacial score (nSPS) is 17.6. The highest BCUT2D eigenvalue weighted by atomic mass is 19.1. The van der Waals surface area contributed by atoms with Gasteiger partial charge >= 0.3 is 0 Å². The fraction of sp³-hybridized carbons (Fsp3) is 0.300. The Morgan fingerprint density at radius 1 is 0.911 bits per heavy atom. The topological polar surface area (TPSA) is 29.0 Å². The molecule has 1 saturated heterocycles. The molecular weight excluding hydrogens is 560 g/mol. The summed E-state index contributed by atoms with van der Waals surface area (Å²) in [4.78, 5) is 12.7. The van der Waals surface area contributed by atoms with Crippen LogP contribution in [0.1, 0.15) is 59.7 Å². The molecule has 0 amide bonds. The van der Waals surface area contributed by atoms with Crippen LogP contribution < -0.4 is 10.7 Å². The van der Waals surface area contributed by atoms with E-state index in [2.05, 4.69) is 74.4 Å². The van der Waals surface area contributed by atoms with Crippen LogP contribution in [0.15, 0.2) is 85.1 Å². The monoisotopic (exact) mass is 601 g/mol. The lowest BCUT2D eigenvalue weighted by atomic mass is 9.78. The van der Waals surface area contributed by atoms with Gasteiger partial charge in [0.15, 0.2) is 0 Å². The summed E-state index contributed by atoms with van der Waals surface area (Å²) in [6.07, 6.45) is 7.10. The van der Waals surface area contributed by atoms with Crippen molar-refractivity contribution in [2.45, 2.75) is 59.3 Å². The Morgan fingerprint density at radius 3 is 2.36 bits per heavy atom. The molecule has 1 aliphatic heterocycles. The maximum Gasteiger partial charge on any atom is 0.126 e. The van der Waals surface area contributed by atoms with Crippen molar-refractivity contribution in [2.75, 3.05) is 13.1 Å². The van der Waals surface area contributed by atoms with Crippen molar-refractivity contribution in [2.24, 2.45) is 5.41 Å². The number of benzene rings is 3. The number of rotatable bonds is 9. The van der Waals surface area contributed by atoms with Gasteiger partial charge in [0.2, 0.25) is 0 Å². The molecule has 3 aromatic carbocycles. The predicted octanol–water partition coefficient (Wildman–Crippen LogP) is 7.53. The van der Waals surface area contributed by atoms with Gasteiger partial charge in [-0.25, -0.2) is 18.7 Å². The van der Waals surface area contributed by atoms with Gasteiger partial charge in [-0.3, -0.25) is 0 Å². The third kappa shape index (κ3) is 6.54. The minimum absolute atomic E-state index is 0.146. The van der Waals surface area contributed by atoms with Crippen LogP contribution in [0.2, 0.25) is 0 Å². The Balaban J connectivity index is 1.29. The standard InChI is InChI=1S/C40H41F2N3/c1-25(2)17-30-18-29(19-34(41)20-30)10-14-37-39(31-11-7-26(3)8-12-31)44-36-15-16-40(6,22-38(36)43-37)28(5)45-23-33(24-45)32-13-9-27(4)35(42)21-32/h7-9,11-13,15,18-22,33H,1,5,10,14,16-17,23-24H2,2-4,6H3. The summed E-state index contributed by atoms with van der Waals surface area (Å²) < 4.78 is 28.7. The second kappa shape index (κ2) is 12.2. The number of aryl methyl sites for hydroxylation is 4. The van der Waals surface area contributed by atoms with E-state index in [1.54, 1.807) is 25.1 Å². The quantitative estimate of drug-likeness (QED) is 0.186. The summed E-state index contributed by atoms with van der Waals surface area (Å²) in [6, 6.07) is 19.2. The Labute approximate surface area is 265 Å². The van der Waals surface area contributed by atoms with Crippen LogP contribution in [0.4, 0.5) is 8.78 Å². The van der Waals surface area contributed by atoms with Crippen LogP contribution in [0.5, 0.6) is 0 Å². The van der Waals surface area contributed by atoms with Gasteiger partial charge in [0.05, 0.1) is 22.1 Å². The highest BCUT2D eigenvalue weighted by Crippen LogP contribution is 2.41. The molecule has 0 bridgehead atoms. The SMILES string of the molecule is C=C(C)Cc1cc(F)cc(CCc2nc3c(nc2-c2ccc(C)cc2)=CCC(C)(C(=C)N2CC(c4ccc(C)c(F)c4)C2)C=3)c1. The van der Waals surface area contributed by atoms with Crippen molar-refractivity contribution in [3.05, 3.63) is 141 Å². The van der Waals surface area contributed by atoms with Gasteiger partial charge in [0.1, 0.15) is 11.6 Å². The molecule has 1 unspecified atom stereocenters. The van der Waals surface area contributed by atoms with Gasteiger partial charge in [-0.15, -0.1) is 0 Å². The molecule has 2 aliphatic rings. The molecule has 3 nitrogen and oxygen atoms in total. The summed E-state index contributed by atoms with van der Waals surface area (Å²) in [5.74, 6) is -0.0767. The molecular formula is C40H41F2N3. The first kappa shape index (κ1) is 30.6. The fourth-order valence-corrected chi connectivity index (χ4v) is 6.45. The lowest BCUT2D eigenvalue weighted by molar-refractivity contribution is 0.168. The third-order valence-corrected chi connectivity index (χ3v) is 9.29. The molecule has 0 N–H and O–H groups in total. The maximum absolute atomic E-state index is 14.5. The summed E-state index contributed by atoms with van der Waals surface area (Å²) in [7, 11) is 0. The Kier molecular flexibility index (Phi) is 8.30. The molecule has 0 radical (unpaired) electrons. The Bertz CT molecular complexity index is 1920. The molecule has 0 saturated carbocycles. The third-order valence-electron chi connectivity index (χ3n) is 9.29. The van der Waals surface area contributed by atoms with E-state index in [0.717, 1.165) is 75.1 Å². The highest BCUT2D eigenvalue weighted by molar-refractivity contribution is 5.63. The highest BCUT2D eigenvalue weighted by Gasteiger charge is 2.37. The van der Waals surface area contributed by atoms with Crippen LogP contribution in [0, 0.1) is 30.9 Å². The molecule has 45 heavy (non-hydrogen) atoms. The van der Waals surface area contributed by atoms with Crippen molar-refractivity contribution in [3.63, 3.8) is 0 Å². The van der Waals surface area contributed by atoms with Crippen LogP contribution in [-0.4, -0.2) is 28.0 Å². The molecule has 5 heteroatoms. The minimum atomic E-state index is -0.312. The zero-order valence-electron chi connectivity index (χ0n) is 26.8. The number of halogens is 2. The van der Waals surface area contributed by atoms with Crippen LogP contribution in [0.3, 0.4) is 0 Å². The number of hydrogen-bond donors (Lipinski definition) is 0. The van der Waals surface area contributed by atoms with E-state index in [0.29, 0.717) is 30.7 Å². The van der Waals surface area contributed by atoms with E-state index in [1.807, 2.05) is 19.1 Å². The first-order valence-electron chi connectivity index (χ1n) is 15.8. The zero-order chi connectivity index (χ0) is 31.9. The maximum atomic E-state index is 14.5. The second-order valence-corrected chi connectivity index (χ2v) is 13.3. The largest absolute Gasteiger partial charge is 0.373 e. The molecule has 6 rings (SSSR count). The second-order valence-electron chi connectivity index (χ2n) is 13.3. The Morgan fingerprint density at radius 2 is 1.64 bits per heavy atom. The van der Waals surface area contributed by atoms with E-state index in [9.17, 15) is 8.78 Å². The lowest BCUT2D eigenvalue weighted by Crippen LogP contribution is -2.49. The van der Waals surface area contributed by atoms with Crippen LogP contribution >= 0.6 is 0 Å². The van der Waals surface area contributed by atoms with E-state index in [1.165, 1.54) is 5.56 Å². The van der Waals surface area contributed by atoms with Crippen molar-refractivity contribution in [1.82, 2.24) is 14.9 Å². The number of allylic oxidation sites excluding steroid dienone is 2. The summed E-state index contributed by atoms with van der Waals surface area (Å²) in [5, 5.41) is 1.74. The predicted molar refractivity (Wildman–Crippen MR) is 180 cm³/mol. The van der Waals surface area contributed by atoms with Gasteiger partial charge in [0, 0.05) is 35.7 Å². The van der Waals surface area contributed by atoms with Crippen molar-refractivity contribution >= 4 is 12.2 Å². The minimum Gasteiger partial charge on any atom is -0.373 e. The summed E-state index contributed by atoms with van der Waals surface area (Å²) in [6.45, 7) is 18.2. The summed E-state index contributed by atoms with van der Waals surface area (Å²) in [5.41, 5.74) is 9.31. The van der Waals surface area contributed by atoms with Gasteiger partial charge < -0.3 is 4.90 Å². The lowest BCUT2D eigenvalue weighted by Gasteiger charge is -2.47. The first-order valence-corrected chi connectivity index (χ1v) is 15.8. The molecule has 1 fully saturated rings. The molecule has 230 valence electrons. The number of likely N-dealkylation sites (tertiary alicyclic amines) is 1.